The van der Waals surface area contributed by atoms with E-state index in [0.717, 1.165) is 10.9 Å². The third kappa shape index (κ3) is 6.38. The Labute approximate surface area is 179 Å². The van der Waals surface area contributed by atoms with Crippen LogP contribution in [-0.4, -0.2) is 35.3 Å². The average molecular weight is 426 g/mol. The van der Waals surface area contributed by atoms with Crippen LogP contribution in [0.2, 0.25) is 0 Å². The number of benzene rings is 2. The molecule has 0 radical (unpaired) electrons. The van der Waals surface area contributed by atoms with Gasteiger partial charge < -0.3 is 36.0 Å². The second-order valence-corrected chi connectivity index (χ2v) is 7.97. The smallest absolute Gasteiger partial charge is 0.457 e. The summed E-state index contributed by atoms with van der Waals surface area (Å²) in [6.07, 6.45) is -0.877. The molecule has 0 bridgehead atoms. The number of ether oxygens (including phenoxy) is 3. The van der Waals surface area contributed by atoms with Gasteiger partial charge in [-0.3, -0.25) is 4.79 Å². The van der Waals surface area contributed by atoms with Gasteiger partial charge >= 0.3 is 6.16 Å². The summed E-state index contributed by atoms with van der Waals surface area (Å²) in [6, 6.07) is 13.2. The van der Waals surface area contributed by atoms with Crippen molar-refractivity contribution in [3.63, 3.8) is 0 Å². The van der Waals surface area contributed by atoms with Crippen LogP contribution < -0.4 is 21.5 Å². The van der Waals surface area contributed by atoms with Gasteiger partial charge in [-0.05, 0) is 69.3 Å². The van der Waals surface area contributed by atoms with Gasteiger partial charge in [0.05, 0.1) is 0 Å². The average Bonchev–Trinajstić information content (AvgIpc) is 3.05. The van der Waals surface area contributed by atoms with Gasteiger partial charge in [-0.2, -0.15) is 0 Å². The van der Waals surface area contributed by atoms with E-state index in [4.69, 9.17) is 25.7 Å². The fraction of sp³-hybridized carbons (Fsp3) is 0.273. The second kappa shape index (κ2) is 8.97. The van der Waals surface area contributed by atoms with Crippen LogP contribution in [0.15, 0.2) is 48.5 Å². The molecule has 9 nitrogen and oxygen atoms in total. The number of carbonyl (C=O) groups is 2. The first-order valence-electron chi connectivity index (χ1n) is 9.67. The van der Waals surface area contributed by atoms with E-state index in [1.807, 2.05) is 24.3 Å². The molecule has 1 amide bonds. The van der Waals surface area contributed by atoms with Crippen LogP contribution in [0, 0.1) is 0 Å². The fourth-order valence-corrected chi connectivity index (χ4v) is 2.69. The quantitative estimate of drug-likeness (QED) is 0.440. The molecule has 3 rings (SSSR count). The van der Waals surface area contributed by atoms with E-state index in [-0.39, 0.29) is 6.61 Å². The van der Waals surface area contributed by atoms with Crippen LogP contribution in [0.1, 0.15) is 20.8 Å². The van der Waals surface area contributed by atoms with Crippen LogP contribution in [0.25, 0.3) is 10.9 Å². The minimum atomic E-state index is -1.04. The first kappa shape index (κ1) is 22.0. The van der Waals surface area contributed by atoms with Crippen molar-refractivity contribution < 1.29 is 23.8 Å². The van der Waals surface area contributed by atoms with Crippen molar-refractivity contribution in [2.75, 3.05) is 17.7 Å². The molecule has 0 fully saturated rings. The maximum atomic E-state index is 12.2. The molecule has 0 saturated carbocycles. The van der Waals surface area contributed by atoms with E-state index in [9.17, 15) is 9.59 Å². The molecule has 0 spiro atoms. The molecule has 0 aliphatic heterocycles. The van der Waals surface area contributed by atoms with Crippen molar-refractivity contribution in [2.24, 2.45) is 5.73 Å². The standard InChI is InChI=1S/C22H26N4O5/c1-22(2,3)31-21(28)29-12-17(23)20(27)25-14-4-6-15(7-5-14)30-16-8-9-18-13(10-16)11-19(24)26-18/h4-11,17,26H,12,23-24H2,1-3H3,(H,25,27)/t17-/m0/s1. The van der Waals surface area contributed by atoms with Crippen LogP contribution >= 0.6 is 0 Å². The molecular weight excluding hydrogens is 400 g/mol. The maximum Gasteiger partial charge on any atom is 0.508 e. The highest BCUT2D eigenvalue weighted by molar-refractivity contribution is 5.95. The topological polar surface area (TPSA) is 142 Å². The van der Waals surface area contributed by atoms with E-state index in [2.05, 4.69) is 10.3 Å². The Bertz CT molecular complexity index is 1070. The molecule has 1 atom stereocenters. The number of H-pyrrole nitrogens is 1. The van der Waals surface area contributed by atoms with E-state index in [1.165, 1.54) is 0 Å². The van der Waals surface area contributed by atoms with Crippen molar-refractivity contribution in [1.29, 1.82) is 0 Å². The summed E-state index contributed by atoms with van der Waals surface area (Å²) in [5.74, 6) is 1.35. The van der Waals surface area contributed by atoms with E-state index in [1.54, 1.807) is 45.0 Å². The van der Waals surface area contributed by atoms with Gasteiger partial charge in [0.2, 0.25) is 5.91 Å². The zero-order chi connectivity index (χ0) is 22.6. The number of nitrogens with one attached hydrogen (secondary N) is 2. The molecule has 9 heteroatoms. The molecule has 2 aromatic carbocycles. The SMILES string of the molecule is CC(C)(C)OC(=O)OC[C@H](N)C(=O)Nc1ccc(Oc2ccc3[nH]c(N)cc3c2)cc1. The zero-order valence-corrected chi connectivity index (χ0v) is 17.6. The summed E-state index contributed by atoms with van der Waals surface area (Å²) >= 11 is 0. The Morgan fingerprint density at radius 3 is 2.42 bits per heavy atom. The number of carbonyl (C=O) groups excluding carboxylic acids is 2. The first-order valence-corrected chi connectivity index (χ1v) is 9.67. The molecule has 1 aromatic heterocycles. The molecule has 164 valence electrons. The van der Waals surface area contributed by atoms with Gasteiger partial charge in [-0.1, -0.05) is 0 Å². The number of fused-ring (bicyclic) bond motifs is 1. The lowest BCUT2D eigenvalue weighted by Crippen LogP contribution is -2.40. The minimum Gasteiger partial charge on any atom is -0.457 e. The second-order valence-electron chi connectivity index (χ2n) is 7.97. The van der Waals surface area contributed by atoms with Crippen molar-refractivity contribution in [3.8, 4) is 11.5 Å². The lowest BCUT2D eigenvalue weighted by molar-refractivity contribution is -0.118. The molecular formula is C22H26N4O5. The summed E-state index contributed by atoms with van der Waals surface area (Å²) in [5.41, 5.74) is 12.3. The Hall–Kier alpha value is -3.72. The molecule has 0 aliphatic rings. The Kier molecular flexibility index (Phi) is 6.36. The van der Waals surface area contributed by atoms with Gasteiger partial charge in [0.15, 0.2) is 0 Å². The highest BCUT2D eigenvalue weighted by Crippen LogP contribution is 2.27. The Morgan fingerprint density at radius 2 is 1.74 bits per heavy atom. The number of nitrogens with two attached hydrogens (primary N) is 2. The number of hydrogen-bond donors (Lipinski definition) is 4. The predicted octanol–water partition coefficient (Wildman–Crippen LogP) is 3.76. The highest BCUT2D eigenvalue weighted by atomic mass is 16.7. The zero-order valence-electron chi connectivity index (χ0n) is 17.6. The third-order valence-electron chi connectivity index (χ3n) is 4.08. The van der Waals surface area contributed by atoms with Gasteiger partial charge in [-0.15, -0.1) is 0 Å². The molecule has 0 unspecified atom stereocenters. The molecule has 31 heavy (non-hydrogen) atoms. The Morgan fingerprint density at radius 1 is 1.06 bits per heavy atom. The molecule has 0 aliphatic carbocycles. The number of anilines is 2. The van der Waals surface area contributed by atoms with Gasteiger partial charge in [0, 0.05) is 16.6 Å². The number of aromatic amines is 1. The van der Waals surface area contributed by atoms with Gasteiger partial charge in [0.25, 0.3) is 0 Å². The minimum absolute atomic E-state index is 0.298. The van der Waals surface area contributed by atoms with E-state index >= 15 is 0 Å². The van der Waals surface area contributed by atoms with Crippen LogP contribution in [0.5, 0.6) is 11.5 Å². The lowest BCUT2D eigenvalue weighted by atomic mass is 10.2. The van der Waals surface area contributed by atoms with Crippen LogP contribution in [0.3, 0.4) is 0 Å². The number of aromatic nitrogens is 1. The Balaban J connectivity index is 1.52. The molecule has 6 N–H and O–H groups in total. The predicted molar refractivity (Wildman–Crippen MR) is 118 cm³/mol. The number of amides is 1. The van der Waals surface area contributed by atoms with Crippen molar-refractivity contribution in [3.05, 3.63) is 48.5 Å². The summed E-state index contributed by atoms with van der Waals surface area (Å²) < 4.78 is 15.7. The lowest BCUT2D eigenvalue weighted by Gasteiger charge is -2.19. The van der Waals surface area contributed by atoms with Gasteiger partial charge in [0.1, 0.15) is 35.6 Å². The summed E-state index contributed by atoms with van der Waals surface area (Å²) in [7, 11) is 0. The first-order chi connectivity index (χ1) is 14.6. The molecule has 3 aromatic rings. The van der Waals surface area contributed by atoms with Gasteiger partial charge in [-0.25, -0.2) is 4.79 Å². The number of nitrogen functional groups attached to an aromatic ring is 1. The van der Waals surface area contributed by atoms with Crippen molar-refractivity contribution in [2.45, 2.75) is 32.4 Å². The summed E-state index contributed by atoms with van der Waals surface area (Å²) in [4.78, 5) is 26.8. The van der Waals surface area contributed by atoms with Crippen LogP contribution in [0.4, 0.5) is 16.3 Å². The summed E-state index contributed by atoms with van der Waals surface area (Å²) in [6.45, 7) is 4.84. The van der Waals surface area contributed by atoms with Crippen LogP contribution in [-0.2, 0) is 14.3 Å². The summed E-state index contributed by atoms with van der Waals surface area (Å²) in [5, 5.41) is 3.61. The monoisotopic (exact) mass is 426 g/mol. The van der Waals surface area contributed by atoms with Crippen molar-refractivity contribution >= 4 is 34.5 Å². The highest BCUT2D eigenvalue weighted by Gasteiger charge is 2.20. The van der Waals surface area contributed by atoms with E-state index in [0.29, 0.717) is 23.0 Å². The molecule has 1 heterocycles. The van der Waals surface area contributed by atoms with Crippen molar-refractivity contribution in [1.82, 2.24) is 4.98 Å². The normalized spacial score (nSPS) is 12.3. The number of hydrogen-bond acceptors (Lipinski definition) is 7. The fourth-order valence-electron chi connectivity index (χ4n) is 2.69. The third-order valence-corrected chi connectivity index (χ3v) is 4.08. The maximum absolute atomic E-state index is 12.2. The largest absolute Gasteiger partial charge is 0.508 e. The number of rotatable bonds is 6. The van der Waals surface area contributed by atoms with E-state index < -0.39 is 23.7 Å². The molecule has 0 saturated heterocycles.